The van der Waals surface area contributed by atoms with E-state index in [9.17, 15) is 22.8 Å². The minimum Gasteiger partial charge on any atom is -0.456 e. The molecule has 0 saturated carbocycles. The molecule has 1 fully saturated rings. The molecule has 0 aliphatic carbocycles. The lowest BCUT2D eigenvalue weighted by Crippen LogP contribution is -2.47. The summed E-state index contributed by atoms with van der Waals surface area (Å²) in [6, 6.07) is 6.25. The maximum atomic E-state index is 12.2. The first-order valence-electron chi connectivity index (χ1n) is 9.87. The van der Waals surface area contributed by atoms with Gasteiger partial charge in [-0.1, -0.05) is 17.7 Å². The highest BCUT2D eigenvalue weighted by Gasteiger charge is 2.25. The first kappa shape index (κ1) is 23.7. The molecule has 1 N–H and O–H groups in total. The van der Waals surface area contributed by atoms with Crippen LogP contribution in [-0.2, 0) is 28.9 Å². The van der Waals surface area contributed by atoms with Gasteiger partial charge < -0.3 is 19.7 Å². The van der Waals surface area contributed by atoms with Crippen molar-refractivity contribution in [2.45, 2.75) is 44.0 Å². The Hall–Kier alpha value is -2.62. The third-order valence-corrected chi connectivity index (χ3v) is 6.44. The zero-order valence-corrected chi connectivity index (χ0v) is 18.1. The van der Waals surface area contributed by atoms with Crippen LogP contribution in [0.2, 0.25) is 0 Å². The molecule has 166 valence electrons. The number of ether oxygens (including phenoxy) is 2. The van der Waals surface area contributed by atoms with Gasteiger partial charge in [-0.05, 0) is 38.8 Å². The lowest BCUT2D eigenvalue weighted by Gasteiger charge is -2.31. The van der Waals surface area contributed by atoms with Crippen LogP contribution in [0.3, 0.4) is 0 Å². The third-order valence-electron chi connectivity index (χ3n) is 4.71. The molecule has 0 bridgehead atoms. The molecule has 1 aromatic rings. The van der Waals surface area contributed by atoms with Crippen LogP contribution in [-0.4, -0.2) is 69.4 Å². The number of aryl methyl sites for hydroxylation is 1. The second-order valence-electron chi connectivity index (χ2n) is 7.07. The number of rotatable bonds is 8. The van der Waals surface area contributed by atoms with Crippen molar-refractivity contribution in [2.75, 3.05) is 32.1 Å². The molecule has 9 nitrogen and oxygen atoms in total. The van der Waals surface area contributed by atoms with Crippen LogP contribution in [0.15, 0.2) is 29.2 Å². The summed E-state index contributed by atoms with van der Waals surface area (Å²) in [7, 11) is -3.59. The largest absolute Gasteiger partial charge is 0.456 e. The Morgan fingerprint density at radius 2 is 1.73 bits per heavy atom. The van der Waals surface area contributed by atoms with Gasteiger partial charge in [0.15, 0.2) is 16.4 Å². The SMILES string of the molecule is CCOC(=O)N1CCC(NC(=O)COC(=O)CCS(=O)(=O)c2ccc(C)cc2)CC1. The molecule has 30 heavy (non-hydrogen) atoms. The molecule has 2 amide bonds. The Labute approximate surface area is 176 Å². The van der Waals surface area contributed by atoms with Crippen molar-refractivity contribution in [1.82, 2.24) is 10.2 Å². The van der Waals surface area contributed by atoms with Crippen molar-refractivity contribution in [2.24, 2.45) is 0 Å². The number of carbonyl (C=O) groups is 3. The molecule has 1 aliphatic rings. The van der Waals surface area contributed by atoms with E-state index in [0.29, 0.717) is 32.5 Å². The van der Waals surface area contributed by atoms with Gasteiger partial charge in [0.25, 0.3) is 5.91 Å². The number of hydrogen-bond donors (Lipinski definition) is 1. The first-order valence-corrected chi connectivity index (χ1v) is 11.5. The minimum atomic E-state index is -3.59. The minimum absolute atomic E-state index is 0.121. The molecule has 1 heterocycles. The fourth-order valence-electron chi connectivity index (χ4n) is 2.99. The van der Waals surface area contributed by atoms with Gasteiger partial charge in [-0.15, -0.1) is 0 Å². The van der Waals surface area contributed by atoms with E-state index < -0.39 is 28.3 Å². The van der Waals surface area contributed by atoms with Crippen molar-refractivity contribution in [3.05, 3.63) is 29.8 Å². The van der Waals surface area contributed by atoms with Crippen molar-refractivity contribution in [3.8, 4) is 0 Å². The zero-order valence-electron chi connectivity index (χ0n) is 17.3. The number of amides is 2. The van der Waals surface area contributed by atoms with E-state index in [0.717, 1.165) is 5.56 Å². The van der Waals surface area contributed by atoms with Crippen LogP contribution in [0.4, 0.5) is 4.79 Å². The molecule has 1 aromatic carbocycles. The first-order chi connectivity index (χ1) is 14.2. The molecular formula is C20H28N2O7S. The van der Waals surface area contributed by atoms with Crippen LogP contribution in [0.5, 0.6) is 0 Å². The molecule has 0 atom stereocenters. The molecule has 10 heteroatoms. The third kappa shape index (κ3) is 7.33. The number of hydrogen-bond acceptors (Lipinski definition) is 7. The van der Waals surface area contributed by atoms with Crippen LogP contribution in [0.25, 0.3) is 0 Å². The molecule has 2 rings (SSSR count). The van der Waals surface area contributed by atoms with Crippen LogP contribution >= 0.6 is 0 Å². The van der Waals surface area contributed by atoms with Gasteiger partial charge >= 0.3 is 12.1 Å². The van der Waals surface area contributed by atoms with Gasteiger partial charge in [0, 0.05) is 19.1 Å². The normalized spacial score (nSPS) is 14.8. The summed E-state index contributed by atoms with van der Waals surface area (Å²) in [6.45, 7) is 4.38. The van der Waals surface area contributed by atoms with E-state index in [2.05, 4.69) is 5.32 Å². The van der Waals surface area contributed by atoms with Crippen molar-refractivity contribution >= 4 is 27.8 Å². The number of nitrogens with one attached hydrogen (secondary N) is 1. The maximum absolute atomic E-state index is 12.2. The topological polar surface area (TPSA) is 119 Å². The highest BCUT2D eigenvalue weighted by Crippen LogP contribution is 2.14. The van der Waals surface area contributed by atoms with Gasteiger partial charge in [-0.2, -0.15) is 0 Å². The molecule has 0 aromatic heterocycles. The second kappa shape index (κ2) is 11.0. The molecular weight excluding hydrogens is 412 g/mol. The van der Waals surface area contributed by atoms with Crippen LogP contribution in [0.1, 0.15) is 31.7 Å². The highest BCUT2D eigenvalue weighted by molar-refractivity contribution is 7.91. The number of nitrogens with zero attached hydrogens (tertiary/aromatic N) is 1. The summed E-state index contributed by atoms with van der Waals surface area (Å²) < 4.78 is 34.3. The number of sulfone groups is 1. The quantitative estimate of drug-likeness (QED) is 0.608. The lowest BCUT2D eigenvalue weighted by atomic mass is 10.1. The van der Waals surface area contributed by atoms with E-state index in [-0.39, 0.29) is 29.2 Å². The summed E-state index contributed by atoms with van der Waals surface area (Å²) in [4.78, 5) is 37.2. The number of carbonyl (C=O) groups excluding carboxylic acids is 3. The van der Waals surface area contributed by atoms with Gasteiger partial charge in [-0.3, -0.25) is 9.59 Å². The Morgan fingerprint density at radius 1 is 1.10 bits per heavy atom. The van der Waals surface area contributed by atoms with Crippen LogP contribution in [0, 0.1) is 6.92 Å². The van der Waals surface area contributed by atoms with E-state index in [1.807, 2.05) is 6.92 Å². The average molecular weight is 441 g/mol. The lowest BCUT2D eigenvalue weighted by molar-refractivity contribution is -0.148. The predicted octanol–water partition coefficient (Wildman–Crippen LogP) is 1.44. The van der Waals surface area contributed by atoms with E-state index in [1.54, 1.807) is 24.0 Å². The Balaban J connectivity index is 1.68. The highest BCUT2D eigenvalue weighted by atomic mass is 32.2. The molecule has 0 radical (unpaired) electrons. The Morgan fingerprint density at radius 3 is 2.33 bits per heavy atom. The summed E-state index contributed by atoms with van der Waals surface area (Å²) in [5, 5.41) is 2.76. The predicted molar refractivity (Wildman–Crippen MR) is 109 cm³/mol. The van der Waals surface area contributed by atoms with Crippen molar-refractivity contribution < 1.29 is 32.3 Å². The summed E-state index contributed by atoms with van der Waals surface area (Å²) in [5.41, 5.74) is 0.936. The summed E-state index contributed by atoms with van der Waals surface area (Å²) in [6.07, 6.45) is 0.457. The van der Waals surface area contributed by atoms with Gasteiger partial charge in [0.1, 0.15) is 0 Å². The average Bonchev–Trinajstić information content (AvgIpc) is 2.72. The number of piperidine rings is 1. The molecule has 0 unspecified atom stereocenters. The fraction of sp³-hybridized carbons (Fsp3) is 0.550. The second-order valence-corrected chi connectivity index (χ2v) is 9.18. The van der Waals surface area contributed by atoms with Crippen LogP contribution < -0.4 is 5.32 Å². The monoisotopic (exact) mass is 440 g/mol. The zero-order chi connectivity index (χ0) is 22.1. The number of esters is 1. The Bertz CT molecular complexity index is 844. The number of likely N-dealkylation sites (tertiary alicyclic amines) is 1. The number of benzene rings is 1. The van der Waals surface area contributed by atoms with Gasteiger partial charge in [-0.25, -0.2) is 13.2 Å². The fourth-order valence-corrected chi connectivity index (χ4v) is 4.21. The summed E-state index contributed by atoms with van der Waals surface area (Å²) in [5.74, 6) is -1.60. The molecule has 1 saturated heterocycles. The van der Waals surface area contributed by atoms with E-state index in [4.69, 9.17) is 9.47 Å². The van der Waals surface area contributed by atoms with E-state index >= 15 is 0 Å². The van der Waals surface area contributed by atoms with Crippen molar-refractivity contribution in [3.63, 3.8) is 0 Å². The van der Waals surface area contributed by atoms with Gasteiger partial charge in [0.2, 0.25) is 0 Å². The van der Waals surface area contributed by atoms with Crippen molar-refractivity contribution in [1.29, 1.82) is 0 Å². The molecule has 1 aliphatic heterocycles. The van der Waals surface area contributed by atoms with E-state index in [1.165, 1.54) is 12.1 Å². The smallest absolute Gasteiger partial charge is 0.409 e. The standard InChI is InChI=1S/C20H28N2O7S/c1-3-28-20(25)22-11-8-16(9-12-22)21-18(23)14-29-19(24)10-13-30(26,27)17-6-4-15(2)5-7-17/h4-7,16H,3,8-14H2,1-2H3,(H,21,23). The summed E-state index contributed by atoms with van der Waals surface area (Å²) >= 11 is 0. The Kier molecular flexibility index (Phi) is 8.64. The maximum Gasteiger partial charge on any atom is 0.409 e. The van der Waals surface area contributed by atoms with Gasteiger partial charge in [0.05, 0.1) is 23.7 Å². The molecule has 0 spiro atoms.